The highest BCUT2D eigenvalue weighted by atomic mass is 35.5. The number of rotatable bonds is 8. The van der Waals surface area contributed by atoms with Gasteiger partial charge in [-0.3, -0.25) is 14.5 Å². The van der Waals surface area contributed by atoms with Gasteiger partial charge in [0.05, 0.1) is 13.2 Å². The first-order valence-corrected chi connectivity index (χ1v) is 11.5. The van der Waals surface area contributed by atoms with Crippen LogP contribution in [0.15, 0.2) is 36.4 Å². The van der Waals surface area contributed by atoms with E-state index in [1.807, 2.05) is 62.1 Å². The number of nitrogens with one attached hydrogen (secondary N) is 1. The van der Waals surface area contributed by atoms with Gasteiger partial charge in [-0.2, -0.15) is 0 Å². The molecule has 0 saturated carbocycles. The number of halogens is 1. The number of para-hydroxylation sites is 1. The minimum absolute atomic E-state index is 0.0169. The maximum Gasteiger partial charge on any atom is 0.238 e. The molecule has 6 nitrogen and oxygen atoms in total. The molecule has 0 bridgehead atoms. The highest BCUT2D eigenvalue weighted by Crippen LogP contribution is 2.21. The Morgan fingerprint density at radius 1 is 1.00 bits per heavy atom. The van der Waals surface area contributed by atoms with Crippen molar-refractivity contribution >= 4 is 29.1 Å². The molecule has 1 fully saturated rings. The molecule has 0 atom stereocenters. The van der Waals surface area contributed by atoms with Crippen LogP contribution in [0.3, 0.4) is 0 Å². The van der Waals surface area contributed by atoms with E-state index in [-0.39, 0.29) is 11.8 Å². The second kappa shape index (κ2) is 11.3. The minimum Gasteiger partial charge on any atom is -0.494 e. The topological polar surface area (TPSA) is 61.9 Å². The van der Waals surface area contributed by atoms with Crippen LogP contribution in [0.5, 0.6) is 5.75 Å². The minimum atomic E-state index is -0.0169. The Morgan fingerprint density at radius 2 is 1.69 bits per heavy atom. The largest absolute Gasteiger partial charge is 0.494 e. The number of anilines is 1. The zero-order chi connectivity index (χ0) is 23.1. The van der Waals surface area contributed by atoms with Crippen molar-refractivity contribution in [3.8, 4) is 5.75 Å². The fraction of sp³-hybridized carbons (Fsp3) is 0.440. The van der Waals surface area contributed by atoms with E-state index in [1.165, 1.54) is 0 Å². The highest BCUT2D eigenvalue weighted by molar-refractivity contribution is 6.31. The number of carbonyl (C=O) groups is 2. The molecular weight excluding hydrogens is 426 g/mol. The summed E-state index contributed by atoms with van der Waals surface area (Å²) in [6, 6.07) is 11.5. The van der Waals surface area contributed by atoms with Crippen molar-refractivity contribution in [3.05, 3.63) is 58.1 Å². The SMILES string of the molecule is Cc1cc(OCCCC(=O)N2CCN(CC(=O)Nc3c(C)cccc3C)CC2)ccc1Cl. The molecule has 3 rings (SSSR count). The molecule has 1 N–H and O–H groups in total. The van der Waals surface area contributed by atoms with Crippen molar-refractivity contribution in [2.45, 2.75) is 33.6 Å². The molecule has 0 aromatic heterocycles. The lowest BCUT2D eigenvalue weighted by Crippen LogP contribution is -2.50. The summed E-state index contributed by atoms with van der Waals surface area (Å²) in [5.41, 5.74) is 3.98. The van der Waals surface area contributed by atoms with Crippen molar-refractivity contribution < 1.29 is 14.3 Å². The average Bonchev–Trinajstić information content (AvgIpc) is 2.76. The van der Waals surface area contributed by atoms with E-state index in [0.717, 1.165) is 33.1 Å². The summed E-state index contributed by atoms with van der Waals surface area (Å²) in [6.07, 6.45) is 1.12. The third-order valence-electron chi connectivity index (χ3n) is 5.77. The van der Waals surface area contributed by atoms with Gasteiger partial charge in [-0.1, -0.05) is 29.8 Å². The molecule has 0 radical (unpaired) electrons. The number of nitrogens with zero attached hydrogens (tertiary/aromatic N) is 2. The lowest BCUT2D eigenvalue weighted by Gasteiger charge is -2.34. The first-order chi connectivity index (χ1) is 15.3. The molecule has 1 saturated heterocycles. The molecule has 0 spiro atoms. The van der Waals surface area contributed by atoms with Crippen LogP contribution in [-0.2, 0) is 9.59 Å². The van der Waals surface area contributed by atoms with Crippen molar-refractivity contribution in [1.29, 1.82) is 0 Å². The molecule has 2 amide bonds. The molecule has 1 heterocycles. The van der Waals surface area contributed by atoms with E-state index in [1.54, 1.807) is 0 Å². The summed E-state index contributed by atoms with van der Waals surface area (Å²) >= 11 is 6.02. The van der Waals surface area contributed by atoms with Crippen LogP contribution in [0.1, 0.15) is 29.5 Å². The molecule has 0 aliphatic carbocycles. The van der Waals surface area contributed by atoms with Crippen molar-refractivity contribution in [1.82, 2.24) is 9.80 Å². The third kappa shape index (κ3) is 6.71. The van der Waals surface area contributed by atoms with Gasteiger partial charge >= 0.3 is 0 Å². The van der Waals surface area contributed by atoms with Gasteiger partial charge in [-0.05, 0) is 62.1 Å². The Balaban J connectivity index is 1.35. The fourth-order valence-corrected chi connectivity index (χ4v) is 3.95. The molecule has 7 heteroatoms. The van der Waals surface area contributed by atoms with E-state index in [9.17, 15) is 9.59 Å². The highest BCUT2D eigenvalue weighted by Gasteiger charge is 2.22. The van der Waals surface area contributed by atoms with Gasteiger partial charge < -0.3 is 15.0 Å². The number of hydrogen-bond acceptors (Lipinski definition) is 4. The van der Waals surface area contributed by atoms with Crippen LogP contribution >= 0.6 is 11.6 Å². The number of hydrogen-bond donors (Lipinski definition) is 1. The van der Waals surface area contributed by atoms with E-state index < -0.39 is 0 Å². The number of ether oxygens (including phenoxy) is 1. The van der Waals surface area contributed by atoms with Crippen LogP contribution < -0.4 is 10.1 Å². The Kier molecular flexibility index (Phi) is 8.53. The molecule has 2 aromatic rings. The van der Waals surface area contributed by atoms with Gasteiger partial charge in [-0.15, -0.1) is 0 Å². The molecular formula is C25H32ClN3O3. The quantitative estimate of drug-likeness (QED) is 0.603. The summed E-state index contributed by atoms with van der Waals surface area (Å²) < 4.78 is 5.72. The van der Waals surface area contributed by atoms with Crippen LogP contribution in [0, 0.1) is 20.8 Å². The lowest BCUT2D eigenvalue weighted by molar-refractivity contribution is -0.133. The Labute approximate surface area is 195 Å². The summed E-state index contributed by atoms with van der Waals surface area (Å²) in [4.78, 5) is 29.0. The van der Waals surface area contributed by atoms with Crippen LogP contribution in [0.4, 0.5) is 5.69 Å². The predicted octanol–water partition coefficient (Wildman–Crippen LogP) is 4.21. The van der Waals surface area contributed by atoms with Crippen molar-refractivity contribution in [2.24, 2.45) is 0 Å². The third-order valence-corrected chi connectivity index (χ3v) is 6.19. The Hall–Kier alpha value is -2.57. The predicted molar refractivity (Wildman–Crippen MR) is 128 cm³/mol. The summed E-state index contributed by atoms with van der Waals surface area (Å²) in [5, 5.41) is 3.75. The summed E-state index contributed by atoms with van der Waals surface area (Å²) in [5.74, 6) is 0.893. The van der Waals surface area contributed by atoms with Crippen molar-refractivity contribution in [2.75, 3.05) is 44.6 Å². The fourth-order valence-electron chi connectivity index (χ4n) is 3.83. The maximum atomic E-state index is 12.5. The number of aryl methyl sites for hydroxylation is 3. The first-order valence-electron chi connectivity index (χ1n) is 11.1. The average molecular weight is 458 g/mol. The number of carbonyl (C=O) groups excluding carboxylic acids is 2. The Morgan fingerprint density at radius 3 is 2.34 bits per heavy atom. The smallest absolute Gasteiger partial charge is 0.238 e. The molecule has 2 aromatic carbocycles. The molecule has 172 valence electrons. The zero-order valence-corrected chi connectivity index (χ0v) is 19.9. The van der Waals surface area contributed by atoms with E-state index in [4.69, 9.17) is 16.3 Å². The molecule has 32 heavy (non-hydrogen) atoms. The second-order valence-corrected chi connectivity index (χ2v) is 8.74. The number of benzene rings is 2. The normalized spacial score (nSPS) is 14.3. The standard InChI is InChI=1S/C25H32ClN3O3/c1-18-6-4-7-19(2)25(18)27-23(30)17-28-11-13-29(14-12-28)24(31)8-5-15-32-21-9-10-22(26)20(3)16-21/h4,6-7,9-10,16H,5,8,11-15,17H2,1-3H3,(H,27,30). The van der Waals surface area contributed by atoms with Gasteiger partial charge in [-0.25, -0.2) is 0 Å². The van der Waals surface area contributed by atoms with Gasteiger partial charge in [0.15, 0.2) is 0 Å². The van der Waals surface area contributed by atoms with E-state index in [0.29, 0.717) is 52.2 Å². The van der Waals surface area contributed by atoms with Gasteiger partial charge in [0.25, 0.3) is 0 Å². The van der Waals surface area contributed by atoms with Crippen LogP contribution in [-0.4, -0.2) is 60.9 Å². The monoisotopic (exact) mass is 457 g/mol. The number of amides is 2. The Bertz CT molecular complexity index is 935. The molecule has 0 unspecified atom stereocenters. The summed E-state index contributed by atoms with van der Waals surface area (Å²) in [6.45, 7) is 9.45. The maximum absolute atomic E-state index is 12.5. The van der Waals surface area contributed by atoms with Crippen LogP contribution in [0.2, 0.25) is 5.02 Å². The summed E-state index contributed by atoms with van der Waals surface area (Å²) in [7, 11) is 0. The number of piperazine rings is 1. The van der Waals surface area contributed by atoms with Gasteiger partial charge in [0.1, 0.15) is 5.75 Å². The zero-order valence-electron chi connectivity index (χ0n) is 19.1. The second-order valence-electron chi connectivity index (χ2n) is 8.33. The van der Waals surface area contributed by atoms with E-state index >= 15 is 0 Å². The lowest BCUT2D eigenvalue weighted by atomic mass is 10.1. The first kappa shape index (κ1) is 24.1. The van der Waals surface area contributed by atoms with Gasteiger partial charge in [0, 0.05) is 43.3 Å². The van der Waals surface area contributed by atoms with Crippen LogP contribution in [0.25, 0.3) is 0 Å². The van der Waals surface area contributed by atoms with Gasteiger partial charge in [0.2, 0.25) is 11.8 Å². The van der Waals surface area contributed by atoms with Crippen molar-refractivity contribution in [3.63, 3.8) is 0 Å². The molecule has 1 aliphatic rings. The molecule has 1 aliphatic heterocycles. The van der Waals surface area contributed by atoms with E-state index in [2.05, 4.69) is 10.2 Å².